The Kier molecular flexibility index (Phi) is 6.56. The third-order valence-corrected chi connectivity index (χ3v) is 6.13. The second-order valence-corrected chi connectivity index (χ2v) is 8.50. The van der Waals surface area contributed by atoms with Crippen LogP contribution in [0.3, 0.4) is 0 Å². The number of carbonyl (C=O) groups is 1. The van der Waals surface area contributed by atoms with Crippen molar-refractivity contribution < 1.29 is 9.53 Å². The Morgan fingerprint density at radius 2 is 1.97 bits per heavy atom. The first-order valence-electron chi connectivity index (χ1n) is 11.2. The number of aromatic nitrogens is 2. The van der Waals surface area contributed by atoms with Crippen LogP contribution in [-0.2, 0) is 13.1 Å². The Bertz CT molecular complexity index is 1050. The van der Waals surface area contributed by atoms with Crippen LogP contribution < -0.4 is 10.1 Å². The molecule has 1 aliphatic heterocycles. The zero-order valence-electron chi connectivity index (χ0n) is 18.7. The largest absolute Gasteiger partial charge is 0.496 e. The number of amides is 1. The Morgan fingerprint density at radius 1 is 1.19 bits per heavy atom. The fourth-order valence-corrected chi connectivity index (χ4v) is 4.30. The van der Waals surface area contributed by atoms with Gasteiger partial charge in [0.15, 0.2) is 0 Å². The van der Waals surface area contributed by atoms with E-state index in [-0.39, 0.29) is 5.91 Å². The number of benzene rings is 2. The molecule has 0 saturated carbocycles. The van der Waals surface area contributed by atoms with Gasteiger partial charge in [-0.25, -0.2) is 4.98 Å². The van der Waals surface area contributed by atoms with Gasteiger partial charge in [0.25, 0.3) is 5.91 Å². The number of para-hydroxylation sites is 1. The van der Waals surface area contributed by atoms with E-state index in [9.17, 15) is 4.79 Å². The molecular weight excluding hydrogens is 388 g/mol. The van der Waals surface area contributed by atoms with Gasteiger partial charge in [-0.3, -0.25) is 9.69 Å². The standard InChI is InChI=1S/C25H32N4O2/c1-4-13-29-22-10-9-19(26-25(30)20-7-5-6-8-23(20)31-3)16-21(22)27-24(29)17-28-14-11-18(2)12-15-28/h5-10,16,18H,4,11-15,17H2,1-3H3,(H,26,30). The first kappa shape index (κ1) is 21.4. The lowest BCUT2D eigenvalue weighted by molar-refractivity contribution is 0.102. The molecule has 3 aromatic rings. The fraction of sp³-hybridized carbons (Fsp3) is 0.440. The van der Waals surface area contributed by atoms with Crippen LogP contribution in [0.15, 0.2) is 42.5 Å². The van der Waals surface area contributed by atoms with Gasteiger partial charge >= 0.3 is 0 Å². The van der Waals surface area contributed by atoms with Crippen molar-refractivity contribution in [3.63, 3.8) is 0 Å². The van der Waals surface area contributed by atoms with Gasteiger partial charge < -0.3 is 14.6 Å². The molecule has 1 aromatic heterocycles. The lowest BCUT2D eigenvalue weighted by Gasteiger charge is -2.29. The summed E-state index contributed by atoms with van der Waals surface area (Å²) >= 11 is 0. The Labute approximate surface area is 184 Å². The minimum absolute atomic E-state index is 0.188. The summed E-state index contributed by atoms with van der Waals surface area (Å²) in [6.45, 7) is 8.63. The van der Waals surface area contributed by atoms with Crippen LogP contribution in [0.1, 0.15) is 49.3 Å². The first-order chi connectivity index (χ1) is 15.1. The summed E-state index contributed by atoms with van der Waals surface area (Å²) in [5, 5.41) is 2.99. The van der Waals surface area contributed by atoms with E-state index in [4.69, 9.17) is 9.72 Å². The van der Waals surface area contributed by atoms with Crippen molar-refractivity contribution in [3.8, 4) is 5.75 Å². The average molecular weight is 421 g/mol. The molecule has 1 N–H and O–H groups in total. The molecule has 1 amide bonds. The van der Waals surface area contributed by atoms with Gasteiger partial charge in [0.2, 0.25) is 0 Å². The maximum atomic E-state index is 12.8. The lowest BCUT2D eigenvalue weighted by Crippen LogP contribution is -2.33. The number of likely N-dealkylation sites (tertiary alicyclic amines) is 1. The minimum atomic E-state index is -0.188. The van der Waals surface area contributed by atoms with Crippen molar-refractivity contribution in [2.24, 2.45) is 5.92 Å². The number of methoxy groups -OCH3 is 1. The third kappa shape index (κ3) is 4.74. The summed E-state index contributed by atoms with van der Waals surface area (Å²) in [5.74, 6) is 2.30. The molecule has 0 bridgehead atoms. The number of ether oxygens (including phenoxy) is 1. The Morgan fingerprint density at radius 3 is 2.71 bits per heavy atom. The van der Waals surface area contributed by atoms with E-state index in [2.05, 4.69) is 34.7 Å². The van der Waals surface area contributed by atoms with Gasteiger partial charge in [-0.15, -0.1) is 0 Å². The van der Waals surface area contributed by atoms with Gasteiger partial charge in [-0.1, -0.05) is 26.0 Å². The van der Waals surface area contributed by atoms with Crippen molar-refractivity contribution in [2.45, 2.75) is 46.2 Å². The predicted molar refractivity (Wildman–Crippen MR) is 125 cm³/mol. The number of aryl methyl sites for hydroxylation is 1. The number of fused-ring (bicyclic) bond motifs is 1. The van der Waals surface area contributed by atoms with Gasteiger partial charge in [-0.05, 0) is 68.6 Å². The van der Waals surface area contributed by atoms with Crippen LogP contribution in [0.5, 0.6) is 5.75 Å². The molecule has 0 unspecified atom stereocenters. The lowest BCUT2D eigenvalue weighted by atomic mass is 9.99. The van der Waals surface area contributed by atoms with Crippen molar-refractivity contribution in [1.29, 1.82) is 0 Å². The summed E-state index contributed by atoms with van der Waals surface area (Å²) in [5.41, 5.74) is 3.30. The highest BCUT2D eigenvalue weighted by Gasteiger charge is 2.19. The minimum Gasteiger partial charge on any atom is -0.496 e. The van der Waals surface area contributed by atoms with E-state index in [0.717, 1.165) is 61.1 Å². The van der Waals surface area contributed by atoms with Crippen LogP contribution in [0.4, 0.5) is 5.69 Å². The molecule has 0 spiro atoms. The summed E-state index contributed by atoms with van der Waals surface area (Å²) in [6.07, 6.45) is 3.57. The summed E-state index contributed by atoms with van der Waals surface area (Å²) < 4.78 is 7.65. The molecule has 0 aliphatic carbocycles. The van der Waals surface area contributed by atoms with Gasteiger partial charge in [0.1, 0.15) is 11.6 Å². The molecule has 2 aromatic carbocycles. The summed E-state index contributed by atoms with van der Waals surface area (Å²) in [4.78, 5) is 20.2. The molecule has 0 radical (unpaired) electrons. The molecule has 31 heavy (non-hydrogen) atoms. The number of anilines is 1. The van der Waals surface area contributed by atoms with E-state index < -0.39 is 0 Å². The predicted octanol–water partition coefficient (Wildman–Crippen LogP) is 4.94. The number of nitrogens with one attached hydrogen (secondary N) is 1. The van der Waals surface area contributed by atoms with E-state index in [1.54, 1.807) is 19.2 Å². The smallest absolute Gasteiger partial charge is 0.259 e. The number of piperidine rings is 1. The van der Waals surface area contributed by atoms with Crippen molar-refractivity contribution in [2.75, 3.05) is 25.5 Å². The number of imidazole rings is 1. The van der Waals surface area contributed by atoms with Crippen molar-refractivity contribution in [3.05, 3.63) is 53.9 Å². The second-order valence-electron chi connectivity index (χ2n) is 8.50. The number of hydrogen-bond acceptors (Lipinski definition) is 4. The van der Waals surface area contributed by atoms with Crippen LogP contribution in [0, 0.1) is 5.92 Å². The normalized spacial score (nSPS) is 15.3. The Balaban J connectivity index is 1.57. The van der Waals surface area contributed by atoms with Crippen LogP contribution in [0.2, 0.25) is 0 Å². The quantitative estimate of drug-likeness (QED) is 0.588. The fourth-order valence-electron chi connectivity index (χ4n) is 4.30. The SMILES string of the molecule is CCCn1c(CN2CCC(C)CC2)nc2cc(NC(=O)c3ccccc3OC)ccc21. The molecule has 1 aliphatic rings. The summed E-state index contributed by atoms with van der Waals surface area (Å²) in [6, 6.07) is 13.2. The second kappa shape index (κ2) is 9.52. The van der Waals surface area contributed by atoms with E-state index in [1.807, 2.05) is 24.3 Å². The zero-order chi connectivity index (χ0) is 21.8. The highest BCUT2D eigenvalue weighted by atomic mass is 16.5. The van der Waals surface area contributed by atoms with Crippen LogP contribution >= 0.6 is 0 Å². The van der Waals surface area contributed by atoms with Gasteiger partial charge in [-0.2, -0.15) is 0 Å². The van der Waals surface area contributed by atoms with E-state index in [0.29, 0.717) is 11.3 Å². The monoisotopic (exact) mass is 420 g/mol. The van der Waals surface area contributed by atoms with E-state index >= 15 is 0 Å². The topological polar surface area (TPSA) is 59.4 Å². The van der Waals surface area contributed by atoms with Gasteiger partial charge in [0, 0.05) is 12.2 Å². The zero-order valence-corrected chi connectivity index (χ0v) is 18.7. The Hall–Kier alpha value is -2.86. The molecule has 0 atom stereocenters. The number of nitrogens with zero attached hydrogens (tertiary/aromatic N) is 3. The molecular formula is C25H32N4O2. The molecule has 6 nitrogen and oxygen atoms in total. The highest BCUT2D eigenvalue weighted by molar-refractivity contribution is 6.06. The molecule has 1 saturated heterocycles. The molecule has 6 heteroatoms. The van der Waals surface area contributed by atoms with Crippen molar-refractivity contribution in [1.82, 2.24) is 14.5 Å². The average Bonchev–Trinajstić information content (AvgIpc) is 3.11. The maximum Gasteiger partial charge on any atom is 0.259 e. The molecule has 2 heterocycles. The molecule has 1 fully saturated rings. The number of rotatable bonds is 7. The molecule has 164 valence electrons. The summed E-state index contributed by atoms with van der Waals surface area (Å²) in [7, 11) is 1.57. The first-order valence-corrected chi connectivity index (χ1v) is 11.2. The molecule has 4 rings (SSSR count). The van der Waals surface area contributed by atoms with Crippen molar-refractivity contribution >= 4 is 22.6 Å². The highest BCUT2D eigenvalue weighted by Crippen LogP contribution is 2.25. The third-order valence-electron chi connectivity index (χ3n) is 6.13. The van der Waals surface area contributed by atoms with Crippen LogP contribution in [0.25, 0.3) is 11.0 Å². The van der Waals surface area contributed by atoms with Gasteiger partial charge in [0.05, 0.1) is 30.3 Å². The maximum absolute atomic E-state index is 12.8. The van der Waals surface area contributed by atoms with E-state index in [1.165, 1.54) is 12.8 Å². The number of hydrogen-bond donors (Lipinski definition) is 1. The number of carbonyl (C=O) groups excluding carboxylic acids is 1. The van der Waals surface area contributed by atoms with Crippen LogP contribution in [-0.4, -0.2) is 40.6 Å².